The first kappa shape index (κ1) is 14.8. The second-order valence-corrected chi connectivity index (χ2v) is 4.98. The van der Waals surface area contributed by atoms with Gasteiger partial charge in [0.1, 0.15) is 5.52 Å². The summed E-state index contributed by atoms with van der Waals surface area (Å²) in [6.45, 7) is 0.287. The normalized spacial score (nSPS) is 10.4. The molecule has 2 aromatic carbocycles. The van der Waals surface area contributed by atoms with Crippen molar-refractivity contribution in [3.63, 3.8) is 0 Å². The van der Waals surface area contributed by atoms with E-state index in [0.717, 1.165) is 11.1 Å². The van der Waals surface area contributed by atoms with Crippen LogP contribution in [0.5, 0.6) is 0 Å². The lowest BCUT2D eigenvalue weighted by atomic mass is 10.2. The van der Waals surface area contributed by atoms with E-state index in [-0.39, 0.29) is 18.4 Å². The first-order valence-corrected chi connectivity index (χ1v) is 7.14. The van der Waals surface area contributed by atoms with E-state index in [9.17, 15) is 9.59 Å². The Morgan fingerprint density at radius 3 is 2.70 bits per heavy atom. The Hall–Kier alpha value is -3.15. The number of rotatable bonds is 5. The molecule has 0 aliphatic carbocycles. The minimum atomic E-state index is -0.274. The highest BCUT2D eigenvalue weighted by molar-refractivity contribution is 5.96. The zero-order valence-electron chi connectivity index (χ0n) is 12.3. The summed E-state index contributed by atoms with van der Waals surface area (Å²) in [5.74, 6) is -0.532. The third-order valence-corrected chi connectivity index (χ3v) is 3.33. The minimum Gasteiger partial charge on any atom is -0.443 e. The second-order valence-electron chi connectivity index (χ2n) is 4.98. The quantitative estimate of drug-likeness (QED) is 0.753. The molecule has 6 nitrogen and oxygen atoms in total. The zero-order valence-corrected chi connectivity index (χ0v) is 12.3. The van der Waals surface area contributed by atoms with Crippen LogP contribution in [0.4, 0.5) is 0 Å². The summed E-state index contributed by atoms with van der Waals surface area (Å²) in [6, 6.07) is 14.3. The molecule has 6 heteroatoms. The molecule has 0 radical (unpaired) electrons. The molecule has 0 unspecified atom stereocenters. The van der Waals surface area contributed by atoms with Gasteiger partial charge in [-0.25, -0.2) is 4.98 Å². The van der Waals surface area contributed by atoms with Crippen LogP contribution in [-0.4, -0.2) is 23.3 Å². The molecule has 0 bridgehead atoms. The summed E-state index contributed by atoms with van der Waals surface area (Å²) < 4.78 is 5.21. The number of carbonyl (C=O) groups is 2. The molecule has 3 rings (SSSR count). The molecule has 0 aliphatic rings. The van der Waals surface area contributed by atoms with E-state index in [2.05, 4.69) is 15.6 Å². The van der Waals surface area contributed by atoms with Crippen LogP contribution in [0.25, 0.3) is 11.1 Å². The Kier molecular flexibility index (Phi) is 4.33. The van der Waals surface area contributed by atoms with Crippen LogP contribution in [0.3, 0.4) is 0 Å². The Morgan fingerprint density at radius 1 is 1.04 bits per heavy atom. The largest absolute Gasteiger partial charge is 0.443 e. The molecule has 0 saturated carbocycles. The average Bonchev–Trinajstić information content (AvgIpc) is 3.06. The van der Waals surface area contributed by atoms with E-state index >= 15 is 0 Å². The molecule has 0 spiro atoms. The van der Waals surface area contributed by atoms with Gasteiger partial charge < -0.3 is 15.1 Å². The van der Waals surface area contributed by atoms with Crippen molar-refractivity contribution in [3.8, 4) is 0 Å². The fourth-order valence-electron chi connectivity index (χ4n) is 2.12. The zero-order chi connectivity index (χ0) is 16.1. The van der Waals surface area contributed by atoms with Crippen LogP contribution in [0, 0.1) is 0 Å². The van der Waals surface area contributed by atoms with Crippen LogP contribution in [-0.2, 0) is 11.3 Å². The van der Waals surface area contributed by atoms with Crippen LogP contribution in [0.1, 0.15) is 15.9 Å². The van der Waals surface area contributed by atoms with Crippen molar-refractivity contribution in [2.75, 3.05) is 6.54 Å². The number of oxazole rings is 1. The lowest BCUT2D eigenvalue weighted by molar-refractivity contribution is -0.120. The standard InChI is InChI=1S/C17H15N3O3/c21-16(10-19-17(22)13-4-2-1-3-5-13)18-9-12-6-7-14-15(8-12)23-11-20-14/h1-8,11H,9-10H2,(H,18,21)(H,19,22). The SMILES string of the molecule is O=C(CNC(=O)c1ccccc1)NCc1ccc2ncoc2c1. The molecule has 2 N–H and O–H groups in total. The van der Waals surface area contributed by atoms with Crippen molar-refractivity contribution < 1.29 is 14.0 Å². The predicted molar refractivity (Wildman–Crippen MR) is 84.6 cm³/mol. The van der Waals surface area contributed by atoms with Gasteiger partial charge in [-0.2, -0.15) is 0 Å². The number of amides is 2. The van der Waals surface area contributed by atoms with E-state index in [1.54, 1.807) is 24.3 Å². The summed E-state index contributed by atoms with van der Waals surface area (Å²) in [7, 11) is 0. The molecule has 0 aliphatic heterocycles. The Morgan fingerprint density at radius 2 is 1.87 bits per heavy atom. The van der Waals surface area contributed by atoms with Crippen molar-refractivity contribution in [2.24, 2.45) is 0 Å². The smallest absolute Gasteiger partial charge is 0.251 e. The van der Waals surface area contributed by atoms with E-state index in [4.69, 9.17) is 4.42 Å². The van der Waals surface area contributed by atoms with Crippen LogP contribution in [0.2, 0.25) is 0 Å². The van der Waals surface area contributed by atoms with Crippen LogP contribution in [0.15, 0.2) is 59.3 Å². The molecular formula is C17H15N3O3. The number of carbonyl (C=O) groups excluding carboxylic acids is 2. The third-order valence-electron chi connectivity index (χ3n) is 3.33. The molecule has 2 amide bonds. The molecule has 0 saturated heterocycles. The lowest BCUT2D eigenvalue weighted by Gasteiger charge is -2.07. The number of benzene rings is 2. The van der Waals surface area contributed by atoms with Gasteiger partial charge in [0.2, 0.25) is 5.91 Å². The molecule has 1 aromatic heterocycles. The summed E-state index contributed by atoms with van der Waals surface area (Å²) in [6.07, 6.45) is 1.38. The molecule has 0 atom stereocenters. The minimum absolute atomic E-state index is 0.0712. The van der Waals surface area contributed by atoms with E-state index in [0.29, 0.717) is 17.7 Å². The number of fused-ring (bicyclic) bond motifs is 1. The van der Waals surface area contributed by atoms with Crippen LogP contribution >= 0.6 is 0 Å². The molecule has 3 aromatic rings. The summed E-state index contributed by atoms with van der Waals surface area (Å²) in [5.41, 5.74) is 2.87. The van der Waals surface area contributed by atoms with Crippen molar-refractivity contribution in [3.05, 3.63) is 66.1 Å². The summed E-state index contributed by atoms with van der Waals surface area (Å²) in [5, 5.41) is 5.33. The van der Waals surface area contributed by atoms with Crippen molar-refractivity contribution in [1.82, 2.24) is 15.6 Å². The van der Waals surface area contributed by atoms with Gasteiger partial charge in [0, 0.05) is 12.1 Å². The van der Waals surface area contributed by atoms with Gasteiger partial charge in [-0.3, -0.25) is 9.59 Å². The topological polar surface area (TPSA) is 84.2 Å². The number of aromatic nitrogens is 1. The predicted octanol–water partition coefficient (Wildman–Crippen LogP) is 1.87. The maximum atomic E-state index is 11.8. The van der Waals surface area contributed by atoms with Crippen LogP contribution < -0.4 is 10.6 Å². The van der Waals surface area contributed by atoms with Crippen molar-refractivity contribution >= 4 is 22.9 Å². The fourth-order valence-corrected chi connectivity index (χ4v) is 2.12. The Bertz CT molecular complexity index is 827. The number of nitrogens with zero attached hydrogens (tertiary/aromatic N) is 1. The highest BCUT2D eigenvalue weighted by Crippen LogP contribution is 2.13. The van der Waals surface area contributed by atoms with Gasteiger partial charge in [-0.15, -0.1) is 0 Å². The first-order valence-electron chi connectivity index (χ1n) is 7.14. The lowest BCUT2D eigenvalue weighted by Crippen LogP contribution is -2.36. The van der Waals surface area contributed by atoms with Gasteiger partial charge in [0.15, 0.2) is 12.0 Å². The molecule has 23 heavy (non-hydrogen) atoms. The average molecular weight is 309 g/mol. The van der Waals surface area contributed by atoms with Crippen molar-refractivity contribution in [1.29, 1.82) is 0 Å². The second kappa shape index (κ2) is 6.74. The fraction of sp³-hybridized carbons (Fsp3) is 0.118. The molecule has 116 valence electrons. The Labute approximate surface area is 132 Å². The maximum Gasteiger partial charge on any atom is 0.251 e. The first-order chi connectivity index (χ1) is 11.2. The maximum absolute atomic E-state index is 11.8. The summed E-state index contributed by atoms with van der Waals surface area (Å²) >= 11 is 0. The Balaban J connectivity index is 1.48. The molecule has 0 fully saturated rings. The van der Waals surface area contributed by atoms with Gasteiger partial charge >= 0.3 is 0 Å². The van der Waals surface area contributed by atoms with E-state index < -0.39 is 0 Å². The highest BCUT2D eigenvalue weighted by Gasteiger charge is 2.07. The highest BCUT2D eigenvalue weighted by atomic mass is 16.3. The molecule has 1 heterocycles. The van der Waals surface area contributed by atoms with Gasteiger partial charge in [0.25, 0.3) is 5.91 Å². The van der Waals surface area contributed by atoms with Gasteiger partial charge in [0.05, 0.1) is 6.54 Å². The van der Waals surface area contributed by atoms with Gasteiger partial charge in [-0.1, -0.05) is 24.3 Å². The van der Waals surface area contributed by atoms with E-state index in [1.807, 2.05) is 24.3 Å². The van der Waals surface area contributed by atoms with E-state index in [1.165, 1.54) is 6.39 Å². The number of hydrogen-bond acceptors (Lipinski definition) is 4. The third kappa shape index (κ3) is 3.74. The monoisotopic (exact) mass is 309 g/mol. The molecular weight excluding hydrogens is 294 g/mol. The number of hydrogen-bond donors (Lipinski definition) is 2. The van der Waals surface area contributed by atoms with Gasteiger partial charge in [-0.05, 0) is 29.8 Å². The summed E-state index contributed by atoms with van der Waals surface area (Å²) in [4.78, 5) is 27.7. The number of nitrogens with one attached hydrogen (secondary N) is 2. The van der Waals surface area contributed by atoms with Crippen molar-refractivity contribution in [2.45, 2.75) is 6.54 Å².